The van der Waals surface area contributed by atoms with E-state index in [1.54, 1.807) is 0 Å². The fraction of sp³-hybridized carbons (Fsp3) is 0.625. The summed E-state index contributed by atoms with van der Waals surface area (Å²) in [6.07, 6.45) is -4.95. The van der Waals surface area contributed by atoms with Gasteiger partial charge in [-0.15, -0.1) is 0 Å². The number of halogens is 3. The van der Waals surface area contributed by atoms with Crippen LogP contribution in [0.15, 0.2) is 24.3 Å². The van der Waals surface area contributed by atoms with E-state index in [4.69, 9.17) is 4.74 Å². The van der Waals surface area contributed by atoms with Crippen LogP contribution in [0.4, 0.5) is 13.2 Å². The van der Waals surface area contributed by atoms with Crippen LogP contribution in [0.1, 0.15) is 44.2 Å². The Kier molecular flexibility index (Phi) is 7.18. The van der Waals surface area contributed by atoms with Gasteiger partial charge in [0.2, 0.25) is 0 Å². The average molecular weight is 303 g/mol. The number of nitrogens with one attached hydrogen (secondary N) is 1. The van der Waals surface area contributed by atoms with Gasteiger partial charge in [-0.25, -0.2) is 0 Å². The minimum atomic E-state index is -4.31. The lowest BCUT2D eigenvalue weighted by molar-refractivity contribution is -0.217. The highest BCUT2D eigenvalue weighted by atomic mass is 19.4. The van der Waals surface area contributed by atoms with Gasteiger partial charge in [0, 0.05) is 6.54 Å². The molecule has 5 heteroatoms. The van der Waals surface area contributed by atoms with Crippen LogP contribution in [0, 0.1) is 0 Å². The molecule has 1 aromatic rings. The van der Waals surface area contributed by atoms with E-state index in [1.165, 1.54) is 5.56 Å². The van der Waals surface area contributed by atoms with E-state index in [0.29, 0.717) is 5.92 Å². The first-order chi connectivity index (χ1) is 9.84. The standard InChI is InChI=1S/C16H24F3NO/c1-4-9-20-10-12(2)15-7-5-14(6-8-15)11-21-13(3)16(17,18)19/h5-8,12-13,20H,4,9-11H2,1-3H3. The molecule has 21 heavy (non-hydrogen) atoms. The quantitative estimate of drug-likeness (QED) is 0.725. The van der Waals surface area contributed by atoms with Crippen LogP contribution >= 0.6 is 0 Å². The Labute approximate surface area is 124 Å². The topological polar surface area (TPSA) is 21.3 Å². The van der Waals surface area contributed by atoms with Crippen molar-refractivity contribution in [1.29, 1.82) is 0 Å². The monoisotopic (exact) mass is 303 g/mol. The van der Waals surface area contributed by atoms with Crippen molar-refractivity contribution in [3.05, 3.63) is 35.4 Å². The van der Waals surface area contributed by atoms with Gasteiger partial charge in [-0.05, 0) is 36.9 Å². The SMILES string of the molecule is CCCNCC(C)c1ccc(COC(C)C(F)(F)F)cc1. The first-order valence-electron chi connectivity index (χ1n) is 7.32. The van der Waals surface area contributed by atoms with Crippen LogP contribution in [0.3, 0.4) is 0 Å². The minimum absolute atomic E-state index is 0.0244. The molecule has 1 aromatic carbocycles. The lowest BCUT2D eigenvalue weighted by Crippen LogP contribution is -2.28. The van der Waals surface area contributed by atoms with Crippen molar-refractivity contribution in [2.75, 3.05) is 13.1 Å². The van der Waals surface area contributed by atoms with Crippen LogP contribution in [-0.2, 0) is 11.3 Å². The highest BCUT2D eigenvalue weighted by Crippen LogP contribution is 2.23. The molecule has 0 saturated heterocycles. The molecule has 0 spiro atoms. The average Bonchev–Trinajstić information content (AvgIpc) is 2.44. The Bertz CT molecular complexity index is 403. The van der Waals surface area contributed by atoms with Gasteiger partial charge in [0.25, 0.3) is 0 Å². The van der Waals surface area contributed by atoms with Gasteiger partial charge in [-0.1, -0.05) is 38.1 Å². The Morgan fingerprint density at radius 1 is 1.14 bits per heavy atom. The molecule has 0 radical (unpaired) electrons. The molecule has 0 aliphatic rings. The van der Waals surface area contributed by atoms with Gasteiger partial charge in [-0.3, -0.25) is 0 Å². The predicted octanol–water partition coefficient (Wildman–Crippen LogP) is 4.26. The van der Waals surface area contributed by atoms with Crippen molar-refractivity contribution >= 4 is 0 Å². The van der Waals surface area contributed by atoms with Crippen molar-refractivity contribution in [3.63, 3.8) is 0 Å². The molecule has 0 aliphatic heterocycles. The summed E-state index contributed by atoms with van der Waals surface area (Å²) >= 11 is 0. The molecule has 0 amide bonds. The smallest absolute Gasteiger partial charge is 0.364 e. The highest BCUT2D eigenvalue weighted by Gasteiger charge is 2.36. The third-order valence-corrected chi connectivity index (χ3v) is 3.39. The van der Waals surface area contributed by atoms with Gasteiger partial charge in [0.15, 0.2) is 6.10 Å². The van der Waals surface area contributed by atoms with Crippen LogP contribution in [0.2, 0.25) is 0 Å². The van der Waals surface area contributed by atoms with Crippen LogP contribution in [-0.4, -0.2) is 25.4 Å². The summed E-state index contributed by atoms with van der Waals surface area (Å²) in [5, 5.41) is 3.35. The summed E-state index contributed by atoms with van der Waals surface area (Å²) in [7, 11) is 0. The summed E-state index contributed by atoms with van der Waals surface area (Å²) < 4.78 is 41.8. The lowest BCUT2D eigenvalue weighted by atomic mass is 10.00. The maximum absolute atomic E-state index is 12.3. The second-order valence-electron chi connectivity index (χ2n) is 5.34. The maximum Gasteiger partial charge on any atom is 0.414 e. The van der Waals surface area contributed by atoms with Crippen molar-refractivity contribution in [2.24, 2.45) is 0 Å². The molecule has 1 N–H and O–H groups in total. The van der Waals surface area contributed by atoms with Crippen molar-refractivity contribution in [3.8, 4) is 0 Å². The number of hydrogen-bond donors (Lipinski definition) is 1. The third kappa shape index (κ3) is 6.48. The first kappa shape index (κ1) is 18.0. The number of ether oxygens (including phenoxy) is 1. The number of benzene rings is 1. The van der Waals surface area contributed by atoms with E-state index >= 15 is 0 Å². The van der Waals surface area contributed by atoms with Gasteiger partial charge < -0.3 is 10.1 Å². The second kappa shape index (κ2) is 8.39. The normalized spacial score (nSPS) is 15.0. The summed E-state index contributed by atoms with van der Waals surface area (Å²) in [4.78, 5) is 0. The van der Waals surface area contributed by atoms with E-state index < -0.39 is 12.3 Å². The largest absolute Gasteiger partial charge is 0.414 e. The Morgan fingerprint density at radius 2 is 1.76 bits per heavy atom. The molecule has 2 atom stereocenters. The summed E-state index contributed by atoms with van der Waals surface area (Å²) in [5.41, 5.74) is 1.93. The fourth-order valence-electron chi connectivity index (χ4n) is 1.87. The molecular weight excluding hydrogens is 279 g/mol. The summed E-state index contributed by atoms with van der Waals surface area (Å²) in [5.74, 6) is 0.376. The van der Waals surface area contributed by atoms with Gasteiger partial charge in [0.1, 0.15) is 0 Å². The molecule has 0 bridgehead atoms. The zero-order chi connectivity index (χ0) is 15.9. The Morgan fingerprint density at radius 3 is 2.29 bits per heavy atom. The molecule has 120 valence electrons. The molecule has 2 nitrogen and oxygen atoms in total. The molecule has 0 heterocycles. The van der Waals surface area contributed by atoms with E-state index in [1.807, 2.05) is 24.3 Å². The molecule has 0 aromatic heterocycles. The molecule has 1 rings (SSSR count). The second-order valence-corrected chi connectivity index (χ2v) is 5.34. The van der Waals surface area contributed by atoms with E-state index in [9.17, 15) is 13.2 Å². The van der Waals surface area contributed by atoms with Crippen LogP contribution in [0.25, 0.3) is 0 Å². The molecule has 0 aliphatic carbocycles. The van der Waals surface area contributed by atoms with E-state index in [-0.39, 0.29) is 6.61 Å². The maximum atomic E-state index is 12.3. The predicted molar refractivity (Wildman–Crippen MR) is 78.3 cm³/mol. The Balaban J connectivity index is 2.46. The van der Waals surface area contributed by atoms with Gasteiger partial charge in [-0.2, -0.15) is 13.2 Å². The lowest BCUT2D eigenvalue weighted by Gasteiger charge is -2.17. The van der Waals surface area contributed by atoms with Crippen molar-refractivity contribution < 1.29 is 17.9 Å². The minimum Gasteiger partial charge on any atom is -0.364 e. The van der Waals surface area contributed by atoms with Gasteiger partial charge >= 0.3 is 6.18 Å². The van der Waals surface area contributed by atoms with Gasteiger partial charge in [0.05, 0.1) is 6.61 Å². The molecular formula is C16H24F3NO. The number of alkyl halides is 3. The molecule has 0 fully saturated rings. The zero-order valence-corrected chi connectivity index (χ0v) is 12.8. The molecule has 0 saturated carbocycles. The Hall–Kier alpha value is -1.07. The number of hydrogen-bond acceptors (Lipinski definition) is 2. The number of rotatable bonds is 8. The fourth-order valence-corrected chi connectivity index (χ4v) is 1.87. The summed E-state index contributed by atoms with van der Waals surface area (Å²) in [6, 6.07) is 7.56. The van der Waals surface area contributed by atoms with Crippen LogP contribution in [0.5, 0.6) is 0 Å². The first-order valence-corrected chi connectivity index (χ1v) is 7.32. The highest BCUT2D eigenvalue weighted by molar-refractivity contribution is 5.24. The van der Waals surface area contributed by atoms with E-state index in [2.05, 4.69) is 19.2 Å². The zero-order valence-electron chi connectivity index (χ0n) is 12.8. The summed E-state index contributed by atoms with van der Waals surface area (Å²) in [6.45, 7) is 7.13. The third-order valence-electron chi connectivity index (χ3n) is 3.39. The van der Waals surface area contributed by atoms with E-state index in [0.717, 1.165) is 32.0 Å². The van der Waals surface area contributed by atoms with Crippen molar-refractivity contribution in [1.82, 2.24) is 5.32 Å². The van der Waals surface area contributed by atoms with Crippen molar-refractivity contribution in [2.45, 2.75) is 52.0 Å². The van der Waals surface area contributed by atoms with Crippen LogP contribution < -0.4 is 5.32 Å². The molecule has 2 unspecified atom stereocenters.